The van der Waals surface area contributed by atoms with E-state index in [1.165, 1.54) is 0 Å². The molecule has 3 aromatic rings. The number of anilines is 1. The van der Waals surface area contributed by atoms with Gasteiger partial charge in [-0.25, -0.2) is 4.39 Å². The highest BCUT2D eigenvalue weighted by Crippen LogP contribution is 2.39. The maximum atomic E-state index is 14.9. The van der Waals surface area contributed by atoms with Crippen molar-refractivity contribution in [1.29, 1.82) is 0 Å². The smallest absolute Gasteiger partial charge is 0.134 e. The van der Waals surface area contributed by atoms with Crippen molar-refractivity contribution in [2.75, 3.05) is 11.4 Å². The molecule has 158 valence electrons. The molecule has 0 saturated heterocycles. The minimum absolute atomic E-state index is 0.141. The summed E-state index contributed by atoms with van der Waals surface area (Å²) < 4.78 is 20.7. The van der Waals surface area contributed by atoms with Gasteiger partial charge in [0, 0.05) is 29.6 Å². The van der Waals surface area contributed by atoms with Crippen LogP contribution in [0.4, 0.5) is 15.8 Å². The van der Waals surface area contributed by atoms with E-state index in [0.29, 0.717) is 5.56 Å². The summed E-state index contributed by atoms with van der Waals surface area (Å²) in [5.74, 6) is 1.24. The molecule has 4 rings (SSSR count). The molecule has 1 heterocycles. The average molecular weight is 415 g/mol. The predicted molar refractivity (Wildman–Crippen MR) is 127 cm³/mol. The Labute approximate surface area is 183 Å². The van der Waals surface area contributed by atoms with Gasteiger partial charge in [0.1, 0.15) is 17.3 Å². The van der Waals surface area contributed by atoms with Gasteiger partial charge < -0.3 is 9.64 Å². The van der Waals surface area contributed by atoms with Crippen molar-refractivity contribution in [3.8, 4) is 11.5 Å². The van der Waals surface area contributed by atoms with Crippen LogP contribution in [-0.2, 0) is 0 Å². The van der Waals surface area contributed by atoms with E-state index in [1.807, 2.05) is 60.7 Å². The molecule has 0 amide bonds. The first-order valence-electron chi connectivity index (χ1n) is 10.6. The van der Waals surface area contributed by atoms with Gasteiger partial charge in [0.15, 0.2) is 0 Å². The van der Waals surface area contributed by atoms with Gasteiger partial charge in [0.05, 0.1) is 11.2 Å². The molecule has 3 aromatic carbocycles. The summed E-state index contributed by atoms with van der Waals surface area (Å²) in [7, 11) is 0. The fourth-order valence-electron chi connectivity index (χ4n) is 4.16. The molecular weight excluding hydrogens is 387 g/mol. The Morgan fingerprint density at radius 3 is 2.35 bits per heavy atom. The van der Waals surface area contributed by atoms with Gasteiger partial charge in [-0.1, -0.05) is 24.3 Å². The highest BCUT2D eigenvalue weighted by molar-refractivity contribution is 5.89. The van der Waals surface area contributed by atoms with E-state index < -0.39 is 0 Å². The Morgan fingerprint density at radius 2 is 1.68 bits per heavy atom. The van der Waals surface area contributed by atoms with Gasteiger partial charge in [-0.15, -0.1) is 0 Å². The number of benzene rings is 3. The lowest BCUT2D eigenvalue weighted by Crippen LogP contribution is -2.45. The monoisotopic (exact) mass is 414 g/mol. The molecule has 1 aliphatic heterocycles. The van der Waals surface area contributed by atoms with Crippen molar-refractivity contribution < 1.29 is 9.13 Å². The molecule has 0 aliphatic carbocycles. The third-order valence-electron chi connectivity index (χ3n) is 5.58. The zero-order valence-corrected chi connectivity index (χ0v) is 18.4. The van der Waals surface area contributed by atoms with E-state index >= 15 is 0 Å². The summed E-state index contributed by atoms with van der Waals surface area (Å²) in [5, 5.41) is 0. The van der Waals surface area contributed by atoms with Gasteiger partial charge in [0.2, 0.25) is 0 Å². The largest absolute Gasteiger partial charge is 0.457 e. The summed E-state index contributed by atoms with van der Waals surface area (Å²) in [6.45, 7) is 9.30. The number of aliphatic imine (C=N–C) groups is 1. The summed E-state index contributed by atoms with van der Waals surface area (Å²) in [6.07, 6.45) is 3.83. The molecule has 0 fully saturated rings. The Morgan fingerprint density at radius 1 is 1.00 bits per heavy atom. The average Bonchev–Trinajstić information content (AvgIpc) is 2.74. The first kappa shape index (κ1) is 20.9. The predicted octanol–water partition coefficient (Wildman–Crippen LogP) is 7.39. The SMILES string of the molecule is CCN1c2cc(F)c(C=Nc3ccc(Oc4ccccc4)cc3)cc2C(C)=CC1(C)C. The highest BCUT2D eigenvalue weighted by Gasteiger charge is 2.30. The van der Waals surface area contributed by atoms with Crippen LogP contribution in [0, 0.1) is 5.82 Å². The van der Waals surface area contributed by atoms with Crippen LogP contribution in [0.3, 0.4) is 0 Å². The van der Waals surface area contributed by atoms with Crippen LogP contribution in [-0.4, -0.2) is 18.3 Å². The maximum absolute atomic E-state index is 14.9. The summed E-state index contributed by atoms with van der Waals surface area (Å²) in [4.78, 5) is 6.70. The van der Waals surface area contributed by atoms with E-state index in [1.54, 1.807) is 12.3 Å². The van der Waals surface area contributed by atoms with Crippen LogP contribution in [0.1, 0.15) is 38.8 Å². The van der Waals surface area contributed by atoms with E-state index in [4.69, 9.17) is 4.74 Å². The molecule has 31 heavy (non-hydrogen) atoms. The number of rotatable bonds is 5. The zero-order valence-electron chi connectivity index (χ0n) is 18.4. The number of nitrogens with zero attached hydrogens (tertiary/aromatic N) is 2. The van der Waals surface area contributed by atoms with Gasteiger partial charge in [0.25, 0.3) is 0 Å². The van der Waals surface area contributed by atoms with E-state index in [9.17, 15) is 4.39 Å². The third kappa shape index (κ3) is 4.38. The molecule has 0 spiro atoms. The van der Waals surface area contributed by atoms with Crippen molar-refractivity contribution in [1.82, 2.24) is 0 Å². The molecule has 3 nitrogen and oxygen atoms in total. The molecule has 0 bridgehead atoms. The topological polar surface area (TPSA) is 24.8 Å². The number of fused-ring (bicyclic) bond motifs is 1. The third-order valence-corrected chi connectivity index (χ3v) is 5.58. The molecule has 0 N–H and O–H groups in total. The van der Waals surface area contributed by atoms with Crippen LogP contribution in [0.25, 0.3) is 5.57 Å². The minimum Gasteiger partial charge on any atom is -0.457 e. The number of hydrogen-bond donors (Lipinski definition) is 0. The van der Waals surface area contributed by atoms with Crippen LogP contribution in [0.5, 0.6) is 11.5 Å². The molecule has 0 unspecified atom stereocenters. The Balaban J connectivity index is 1.57. The van der Waals surface area contributed by atoms with E-state index in [-0.39, 0.29) is 11.4 Å². The van der Waals surface area contributed by atoms with E-state index in [2.05, 4.69) is 43.7 Å². The number of halogens is 1. The van der Waals surface area contributed by atoms with Crippen LogP contribution >= 0.6 is 0 Å². The fourth-order valence-corrected chi connectivity index (χ4v) is 4.16. The van der Waals surface area contributed by atoms with E-state index in [0.717, 1.165) is 40.6 Å². The molecule has 0 radical (unpaired) electrons. The lowest BCUT2D eigenvalue weighted by atomic mass is 9.88. The van der Waals surface area contributed by atoms with Crippen LogP contribution in [0.2, 0.25) is 0 Å². The first-order valence-corrected chi connectivity index (χ1v) is 10.6. The summed E-state index contributed by atoms with van der Waals surface area (Å²) in [6, 6.07) is 20.6. The molecule has 0 aromatic heterocycles. The molecule has 1 aliphatic rings. The standard InChI is InChI=1S/C27H27FN2O/c1-5-30-26-16-25(28)20(15-24(26)19(2)17-27(30,3)4)18-29-21-11-13-23(14-12-21)31-22-9-7-6-8-10-22/h6-18H,5H2,1-4H3. The van der Waals surface area contributed by atoms with Crippen molar-refractivity contribution in [2.24, 2.45) is 4.99 Å². The van der Waals surface area contributed by atoms with Crippen molar-refractivity contribution in [2.45, 2.75) is 33.2 Å². The first-order chi connectivity index (χ1) is 14.9. The number of ether oxygens (including phenoxy) is 1. The fraction of sp³-hybridized carbons (Fsp3) is 0.222. The van der Waals surface area contributed by atoms with Crippen LogP contribution < -0.4 is 9.64 Å². The minimum atomic E-state index is -0.268. The maximum Gasteiger partial charge on any atom is 0.134 e. The second-order valence-corrected chi connectivity index (χ2v) is 8.28. The van der Waals surface area contributed by atoms with Gasteiger partial charge in [-0.3, -0.25) is 4.99 Å². The van der Waals surface area contributed by atoms with Crippen molar-refractivity contribution in [3.05, 3.63) is 89.8 Å². The van der Waals surface area contributed by atoms with Crippen molar-refractivity contribution >= 4 is 23.2 Å². The molecule has 0 saturated carbocycles. The Bertz CT molecular complexity index is 1130. The molecular formula is C27H27FN2O. The zero-order chi connectivity index (χ0) is 22.0. The summed E-state index contributed by atoms with van der Waals surface area (Å²) in [5.41, 5.74) is 4.22. The van der Waals surface area contributed by atoms with Gasteiger partial charge in [-0.2, -0.15) is 0 Å². The van der Waals surface area contributed by atoms with Gasteiger partial charge >= 0.3 is 0 Å². The van der Waals surface area contributed by atoms with Crippen LogP contribution in [0.15, 0.2) is 77.8 Å². The molecule has 0 atom stereocenters. The number of hydrogen-bond acceptors (Lipinski definition) is 3. The Kier molecular flexibility index (Phi) is 5.64. The number of likely N-dealkylation sites (N-methyl/N-ethyl adjacent to an activating group) is 1. The lowest BCUT2D eigenvalue weighted by molar-refractivity contribution is 0.483. The van der Waals surface area contributed by atoms with Crippen molar-refractivity contribution in [3.63, 3.8) is 0 Å². The summed E-state index contributed by atoms with van der Waals surface area (Å²) >= 11 is 0. The Hall–Kier alpha value is -3.40. The lowest BCUT2D eigenvalue weighted by Gasteiger charge is -2.42. The normalized spacial score (nSPS) is 15.0. The number of allylic oxidation sites excluding steroid dienone is 1. The molecule has 4 heteroatoms. The quantitative estimate of drug-likeness (QED) is 0.407. The van der Waals surface area contributed by atoms with Gasteiger partial charge in [-0.05, 0) is 81.8 Å². The number of para-hydroxylation sites is 1. The highest BCUT2D eigenvalue weighted by atomic mass is 19.1. The second kappa shape index (κ2) is 8.38. The second-order valence-electron chi connectivity index (χ2n) is 8.28.